The van der Waals surface area contributed by atoms with Crippen molar-refractivity contribution in [2.24, 2.45) is 10.8 Å². The Morgan fingerprint density at radius 3 is 2.69 bits per heavy atom. The molecule has 2 heterocycles. The molecule has 7 nitrogen and oxygen atoms in total. The first kappa shape index (κ1) is 18.8. The highest BCUT2D eigenvalue weighted by Crippen LogP contribution is 2.27. The van der Waals surface area contributed by atoms with E-state index in [1.165, 1.54) is 40.6 Å². The van der Waals surface area contributed by atoms with E-state index in [4.69, 9.17) is 5.73 Å². The Morgan fingerprint density at radius 1 is 1.21 bits per heavy atom. The molecule has 0 saturated heterocycles. The molecule has 1 atom stereocenters. The van der Waals surface area contributed by atoms with Crippen molar-refractivity contribution >= 4 is 40.2 Å². The van der Waals surface area contributed by atoms with E-state index in [0.717, 1.165) is 10.6 Å². The molecule has 146 valence electrons. The van der Waals surface area contributed by atoms with Gasteiger partial charge < -0.3 is 11.1 Å². The summed E-state index contributed by atoms with van der Waals surface area (Å²) in [4.78, 5) is 28.8. The summed E-state index contributed by atoms with van der Waals surface area (Å²) in [6, 6.07) is 11.9. The quantitative estimate of drug-likeness (QED) is 0.676. The first-order valence-electron chi connectivity index (χ1n) is 8.74. The van der Waals surface area contributed by atoms with E-state index >= 15 is 0 Å². The Kier molecular flexibility index (Phi) is 5.05. The molecule has 2 amide bonds. The van der Waals surface area contributed by atoms with Gasteiger partial charge in [0.1, 0.15) is 22.6 Å². The number of anilines is 2. The fourth-order valence-electron chi connectivity index (χ4n) is 3.00. The van der Waals surface area contributed by atoms with Crippen LogP contribution in [0.4, 0.5) is 15.8 Å². The van der Waals surface area contributed by atoms with E-state index in [2.05, 4.69) is 15.4 Å². The number of hydrazone groups is 1. The lowest BCUT2D eigenvalue weighted by Gasteiger charge is -2.20. The van der Waals surface area contributed by atoms with E-state index < -0.39 is 23.7 Å². The van der Waals surface area contributed by atoms with Gasteiger partial charge in [0.05, 0.1) is 5.69 Å². The molecule has 1 aromatic heterocycles. The number of nitrogens with one attached hydrogen (secondary N) is 1. The second-order valence-electron chi connectivity index (χ2n) is 6.36. The zero-order valence-electron chi connectivity index (χ0n) is 15.1. The van der Waals surface area contributed by atoms with Gasteiger partial charge in [-0.15, -0.1) is 11.3 Å². The second kappa shape index (κ2) is 7.80. The lowest BCUT2D eigenvalue weighted by molar-refractivity contribution is -0.119. The molecule has 3 aromatic rings. The normalized spacial score (nSPS) is 15.8. The van der Waals surface area contributed by atoms with E-state index in [-0.39, 0.29) is 12.1 Å². The lowest BCUT2D eigenvalue weighted by Crippen LogP contribution is -2.39. The third-order valence-electron chi connectivity index (χ3n) is 4.39. The van der Waals surface area contributed by atoms with Crippen LogP contribution >= 0.6 is 11.3 Å². The number of nitrogens with zero attached hydrogens (tertiary/aromatic N) is 3. The molecule has 0 fully saturated rings. The van der Waals surface area contributed by atoms with Gasteiger partial charge in [0.25, 0.3) is 5.91 Å². The van der Waals surface area contributed by atoms with Gasteiger partial charge in [-0.2, -0.15) is 5.10 Å². The van der Waals surface area contributed by atoms with Crippen LogP contribution < -0.4 is 16.1 Å². The molecule has 1 unspecified atom stereocenters. The summed E-state index contributed by atoms with van der Waals surface area (Å²) in [6.45, 7) is 0. The summed E-state index contributed by atoms with van der Waals surface area (Å²) in [5.74, 6) is -1.46. The summed E-state index contributed by atoms with van der Waals surface area (Å²) < 4.78 is 13.2. The number of thiazole rings is 1. The molecule has 3 N–H and O–H groups in total. The zero-order chi connectivity index (χ0) is 20.4. The Labute approximate surface area is 169 Å². The number of benzene rings is 2. The number of carbonyl (C=O) groups is 2. The SMILES string of the molecule is NC(=O)C1CC(C(=O)Nc2cccc(-c3nccs3)c2)=NN1c1ccc(F)cc1. The first-order chi connectivity index (χ1) is 14.0. The topological polar surface area (TPSA) is 101 Å². The molecule has 0 bridgehead atoms. The highest BCUT2D eigenvalue weighted by atomic mass is 32.1. The minimum Gasteiger partial charge on any atom is -0.368 e. The number of hydrogen-bond donors (Lipinski definition) is 2. The Hall–Kier alpha value is -3.59. The van der Waals surface area contributed by atoms with Gasteiger partial charge in [0.15, 0.2) is 0 Å². The van der Waals surface area contributed by atoms with Crippen molar-refractivity contribution in [3.8, 4) is 10.6 Å². The monoisotopic (exact) mass is 409 g/mol. The summed E-state index contributed by atoms with van der Waals surface area (Å²) >= 11 is 1.50. The zero-order valence-corrected chi connectivity index (χ0v) is 15.9. The molecule has 0 aliphatic carbocycles. The maximum absolute atomic E-state index is 13.2. The smallest absolute Gasteiger partial charge is 0.271 e. The van der Waals surface area contributed by atoms with Crippen LogP contribution in [0.5, 0.6) is 0 Å². The molecule has 2 aromatic carbocycles. The van der Waals surface area contributed by atoms with Gasteiger partial charge in [-0.3, -0.25) is 14.6 Å². The van der Waals surface area contributed by atoms with Crippen LogP contribution in [0, 0.1) is 5.82 Å². The van der Waals surface area contributed by atoms with E-state index in [1.54, 1.807) is 12.3 Å². The highest BCUT2D eigenvalue weighted by Gasteiger charge is 2.35. The molecule has 1 aliphatic heterocycles. The summed E-state index contributed by atoms with van der Waals surface area (Å²) in [7, 11) is 0. The number of nitrogens with two attached hydrogens (primary N) is 1. The van der Waals surface area contributed by atoms with E-state index in [9.17, 15) is 14.0 Å². The average molecular weight is 409 g/mol. The number of carbonyl (C=O) groups excluding carboxylic acids is 2. The average Bonchev–Trinajstić information content (AvgIpc) is 3.39. The standard InChI is InChI=1S/C20H16FN5O2S/c21-13-4-6-15(7-5-13)26-17(18(22)27)11-16(25-26)19(28)24-14-3-1-2-12(10-14)20-23-8-9-29-20/h1-10,17H,11H2,(H2,22,27)(H,24,28). The van der Waals surface area contributed by atoms with Crippen LogP contribution in [0.1, 0.15) is 6.42 Å². The first-order valence-corrected chi connectivity index (χ1v) is 9.62. The number of amides is 2. The molecule has 9 heteroatoms. The fraction of sp³-hybridized carbons (Fsp3) is 0.100. The Balaban J connectivity index is 1.55. The number of rotatable bonds is 5. The lowest BCUT2D eigenvalue weighted by atomic mass is 10.1. The van der Waals surface area contributed by atoms with E-state index in [0.29, 0.717) is 11.4 Å². The highest BCUT2D eigenvalue weighted by molar-refractivity contribution is 7.13. The van der Waals surface area contributed by atoms with Gasteiger partial charge in [0.2, 0.25) is 5.91 Å². The van der Waals surface area contributed by atoms with Crippen molar-refractivity contribution in [2.75, 3.05) is 10.3 Å². The summed E-state index contributed by atoms with van der Waals surface area (Å²) in [5.41, 5.74) is 7.59. The van der Waals surface area contributed by atoms with Crippen LogP contribution in [0.3, 0.4) is 0 Å². The molecule has 0 saturated carbocycles. The van der Waals surface area contributed by atoms with Crippen molar-refractivity contribution in [1.82, 2.24) is 4.98 Å². The largest absolute Gasteiger partial charge is 0.368 e. The molecule has 4 rings (SSSR count). The molecule has 29 heavy (non-hydrogen) atoms. The molecule has 0 radical (unpaired) electrons. The van der Waals surface area contributed by atoms with Crippen molar-refractivity contribution in [2.45, 2.75) is 12.5 Å². The van der Waals surface area contributed by atoms with Gasteiger partial charge in [-0.1, -0.05) is 12.1 Å². The predicted molar refractivity (Wildman–Crippen MR) is 110 cm³/mol. The predicted octanol–water partition coefficient (Wildman–Crippen LogP) is 3.01. The van der Waals surface area contributed by atoms with Crippen LogP contribution in [-0.2, 0) is 9.59 Å². The number of primary amides is 1. The van der Waals surface area contributed by atoms with Gasteiger partial charge in [-0.25, -0.2) is 9.37 Å². The minimum absolute atomic E-state index is 0.0602. The molecule has 1 aliphatic rings. The van der Waals surface area contributed by atoms with Crippen LogP contribution in [0.15, 0.2) is 65.2 Å². The minimum atomic E-state index is -0.817. The maximum atomic E-state index is 13.2. The summed E-state index contributed by atoms with van der Waals surface area (Å²) in [5, 5.41) is 11.1. The van der Waals surface area contributed by atoms with Gasteiger partial charge in [-0.05, 0) is 36.4 Å². The van der Waals surface area contributed by atoms with E-state index in [1.807, 2.05) is 23.6 Å². The van der Waals surface area contributed by atoms with Gasteiger partial charge >= 0.3 is 0 Å². The molecule has 0 spiro atoms. The molecular weight excluding hydrogens is 393 g/mol. The van der Waals surface area contributed by atoms with Gasteiger partial charge in [0, 0.05) is 29.2 Å². The Morgan fingerprint density at radius 2 is 2.00 bits per heavy atom. The van der Waals surface area contributed by atoms with Crippen molar-refractivity contribution in [3.05, 3.63) is 65.9 Å². The van der Waals surface area contributed by atoms with Crippen LogP contribution in [0.2, 0.25) is 0 Å². The van der Waals surface area contributed by atoms with Crippen molar-refractivity contribution < 1.29 is 14.0 Å². The third-order valence-corrected chi connectivity index (χ3v) is 5.21. The fourth-order valence-corrected chi connectivity index (χ4v) is 3.64. The number of aromatic nitrogens is 1. The van der Waals surface area contributed by atoms with Crippen LogP contribution in [-0.4, -0.2) is 28.6 Å². The third kappa shape index (κ3) is 3.99. The van der Waals surface area contributed by atoms with Crippen LogP contribution in [0.25, 0.3) is 10.6 Å². The maximum Gasteiger partial charge on any atom is 0.271 e. The number of hydrogen-bond acceptors (Lipinski definition) is 6. The molecular formula is C20H16FN5O2S. The summed E-state index contributed by atoms with van der Waals surface area (Å²) in [6.07, 6.45) is 1.78. The van der Waals surface area contributed by atoms with Crippen molar-refractivity contribution in [1.29, 1.82) is 0 Å². The number of halogens is 1. The second-order valence-corrected chi connectivity index (χ2v) is 7.26. The van der Waals surface area contributed by atoms with Crippen molar-refractivity contribution in [3.63, 3.8) is 0 Å². The Bertz CT molecular complexity index is 1080.